The van der Waals surface area contributed by atoms with Gasteiger partial charge in [0, 0.05) is 38.5 Å². The molecule has 1 heterocycles. The Morgan fingerprint density at radius 1 is 1.44 bits per heavy atom. The first-order valence-corrected chi connectivity index (χ1v) is 7.16. The smallest absolute Gasteiger partial charge is 0.383 e. The zero-order valence-electron chi connectivity index (χ0n) is 10.6. The number of nitrogens with one attached hydrogen (secondary N) is 1. The lowest BCUT2D eigenvalue weighted by atomic mass is 10.2. The van der Waals surface area contributed by atoms with Gasteiger partial charge in [0.05, 0.1) is 6.61 Å². The lowest BCUT2D eigenvalue weighted by Gasteiger charge is -2.24. The van der Waals surface area contributed by atoms with Crippen molar-refractivity contribution in [3.63, 3.8) is 0 Å². The summed E-state index contributed by atoms with van der Waals surface area (Å²) in [4.78, 5) is 2.15. The molecule has 0 aliphatic carbocycles. The first kappa shape index (κ1) is 16.1. The van der Waals surface area contributed by atoms with Crippen molar-refractivity contribution in [1.29, 1.82) is 0 Å². The zero-order valence-corrected chi connectivity index (χ0v) is 11.4. The van der Waals surface area contributed by atoms with E-state index in [1.54, 1.807) is 7.11 Å². The Hall–Kier alpha value is 0.0200. The standard InChI is InChI=1S/C11H21F3N2OS/c1-17-7-4-15-9-10-3-2-5-16(10)6-8-18-11(12,13)14/h10,15H,2-9H2,1H3. The minimum atomic E-state index is -4.11. The fraction of sp³-hybridized carbons (Fsp3) is 1.00. The predicted octanol–water partition coefficient (Wildman–Crippen LogP) is 1.94. The monoisotopic (exact) mass is 286 g/mol. The van der Waals surface area contributed by atoms with Gasteiger partial charge in [-0.2, -0.15) is 13.2 Å². The Balaban J connectivity index is 2.15. The third-order valence-corrected chi connectivity index (χ3v) is 3.72. The largest absolute Gasteiger partial charge is 0.441 e. The first-order chi connectivity index (χ1) is 8.53. The third kappa shape index (κ3) is 6.82. The Kier molecular flexibility index (Phi) is 7.36. The van der Waals surface area contributed by atoms with Crippen molar-refractivity contribution in [3.8, 4) is 0 Å². The highest BCUT2D eigenvalue weighted by Crippen LogP contribution is 2.30. The molecule has 0 aromatic carbocycles. The van der Waals surface area contributed by atoms with Crippen LogP contribution >= 0.6 is 11.8 Å². The summed E-state index contributed by atoms with van der Waals surface area (Å²) in [6, 6.07) is 0.371. The molecule has 0 bridgehead atoms. The van der Waals surface area contributed by atoms with Crippen LogP contribution in [-0.4, -0.2) is 62.1 Å². The van der Waals surface area contributed by atoms with Crippen molar-refractivity contribution in [1.82, 2.24) is 10.2 Å². The topological polar surface area (TPSA) is 24.5 Å². The van der Waals surface area contributed by atoms with E-state index in [0.29, 0.717) is 19.2 Å². The summed E-state index contributed by atoms with van der Waals surface area (Å²) in [5.74, 6) is 0.123. The molecule has 108 valence electrons. The summed E-state index contributed by atoms with van der Waals surface area (Å²) in [6.07, 6.45) is 2.14. The lowest BCUT2D eigenvalue weighted by Crippen LogP contribution is -2.40. The van der Waals surface area contributed by atoms with Gasteiger partial charge in [0.2, 0.25) is 0 Å². The van der Waals surface area contributed by atoms with Crippen molar-refractivity contribution in [2.45, 2.75) is 24.4 Å². The Morgan fingerprint density at radius 3 is 2.89 bits per heavy atom. The molecule has 1 fully saturated rings. The maximum absolute atomic E-state index is 12.0. The molecule has 7 heteroatoms. The molecule has 1 aliphatic heterocycles. The van der Waals surface area contributed by atoms with Gasteiger partial charge < -0.3 is 10.1 Å². The molecule has 1 N–H and O–H groups in total. The van der Waals surface area contributed by atoms with Gasteiger partial charge in [-0.25, -0.2) is 0 Å². The van der Waals surface area contributed by atoms with Crippen LogP contribution in [0.15, 0.2) is 0 Å². The molecular weight excluding hydrogens is 265 g/mol. The van der Waals surface area contributed by atoms with Crippen LogP contribution in [0, 0.1) is 0 Å². The molecule has 0 aromatic rings. The number of hydrogen-bond donors (Lipinski definition) is 1. The van der Waals surface area contributed by atoms with Crippen molar-refractivity contribution < 1.29 is 17.9 Å². The fourth-order valence-electron chi connectivity index (χ4n) is 2.14. The fourth-order valence-corrected chi connectivity index (χ4v) is 2.70. The van der Waals surface area contributed by atoms with Gasteiger partial charge in [0.15, 0.2) is 0 Å². The molecule has 3 nitrogen and oxygen atoms in total. The van der Waals surface area contributed by atoms with E-state index in [2.05, 4.69) is 10.2 Å². The number of alkyl halides is 3. The highest BCUT2D eigenvalue weighted by atomic mass is 32.2. The molecule has 1 rings (SSSR count). The summed E-state index contributed by atoms with van der Waals surface area (Å²) >= 11 is 0.0723. The lowest BCUT2D eigenvalue weighted by molar-refractivity contribution is -0.0328. The van der Waals surface area contributed by atoms with Gasteiger partial charge in [-0.15, -0.1) is 0 Å². The number of thioether (sulfide) groups is 1. The SMILES string of the molecule is COCCNCC1CCCN1CCSC(F)(F)F. The van der Waals surface area contributed by atoms with Crippen molar-refractivity contribution >= 4 is 11.8 Å². The molecule has 1 atom stereocenters. The average Bonchev–Trinajstić information content (AvgIpc) is 2.71. The van der Waals surface area contributed by atoms with Crippen molar-refractivity contribution in [2.75, 3.05) is 45.6 Å². The predicted molar refractivity (Wildman–Crippen MR) is 67.9 cm³/mol. The van der Waals surface area contributed by atoms with E-state index in [1.807, 2.05) is 0 Å². The van der Waals surface area contributed by atoms with Crippen LogP contribution in [0.4, 0.5) is 13.2 Å². The quantitative estimate of drug-likeness (QED) is 0.689. The number of methoxy groups -OCH3 is 1. The van der Waals surface area contributed by atoms with E-state index in [0.717, 1.165) is 32.5 Å². The Labute approximate surface area is 110 Å². The van der Waals surface area contributed by atoms with E-state index in [9.17, 15) is 13.2 Å². The van der Waals surface area contributed by atoms with Crippen LogP contribution < -0.4 is 5.32 Å². The van der Waals surface area contributed by atoms with E-state index in [1.165, 1.54) is 0 Å². The molecule has 18 heavy (non-hydrogen) atoms. The normalized spacial score (nSPS) is 21.7. The summed E-state index contributed by atoms with van der Waals surface area (Å²) < 4.78 is 41.0. The van der Waals surface area contributed by atoms with Crippen LogP contribution in [0.2, 0.25) is 0 Å². The van der Waals surface area contributed by atoms with Gasteiger partial charge in [-0.05, 0) is 31.1 Å². The Bertz CT molecular complexity index is 229. The highest BCUT2D eigenvalue weighted by Gasteiger charge is 2.29. The molecule has 0 radical (unpaired) electrons. The number of nitrogens with zero attached hydrogens (tertiary/aromatic N) is 1. The summed E-state index contributed by atoms with van der Waals surface area (Å²) in [6.45, 7) is 3.71. The summed E-state index contributed by atoms with van der Waals surface area (Å²) in [5, 5.41) is 3.27. The number of rotatable bonds is 8. The maximum Gasteiger partial charge on any atom is 0.441 e. The second kappa shape index (κ2) is 8.24. The molecular formula is C11H21F3N2OS. The molecule has 1 saturated heterocycles. The van der Waals surface area contributed by atoms with Gasteiger partial charge in [0.1, 0.15) is 0 Å². The van der Waals surface area contributed by atoms with Gasteiger partial charge >= 0.3 is 5.51 Å². The van der Waals surface area contributed by atoms with Gasteiger partial charge in [0.25, 0.3) is 0 Å². The van der Waals surface area contributed by atoms with E-state index >= 15 is 0 Å². The Morgan fingerprint density at radius 2 is 2.22 bits per heavy atom. The molecule has 0 spiro atoms. The molecule has 1 unspecified atom stereocenters. The highest BCUT2D eigenvalue weighted by molar-refractivity contribution is 8.00. The van der Waals surface area contributed by atoms with Crippen molar-refractivity contribution in [3.05, 3.63) is 0 Å². The maximum atomic E-state index is 12.0. The summed E-state index contributed by atoms with van der Waals surface area (Å²) in [5.41, 5.74) is -4.11. The van der Waals surface area contributed by atoms with Crippen molar-refractivity contribution in [2.24, 2.45) is 0 Å². The second-order valence-corrected chi connectivity index (χ2v) is 5.48. The zero-order chi connectivity index (χ0) is 13.4. The molecule has 0 aromatic heterocycles. The number of likely N-dealkylation sites (tertiary alicyclic amines) is 1. The van der Waals surface area contributed by atoms with Crippen LogP contribution in [-0.2, 0) is 4.74 Å². The third-order valence-electron chi connectivity index (χ3n) is 3.01. The van der Waals surface area contributed by atoms with Crippen LogP contribution in [0.1, 0.15) is 12.8 Å². The minimum absolute atomic E-state index is 0.0723. The van der Waals surface area contributed by atoms with Gasteiger partial charge in [-0.1, -0.05) is 0 Å². The van der Waals surface area contributed by atoms with Crippen LogP contribution in [0.25, 0.3) is 0 Å². The number of halogens is 3. The summed E-state index contributed by atoms with van der Waals surface area (Å²) in [7, 11) is 1.65. The van der Waals surface area contributed by atoms with Crippen LogP contribution in [0.5, 0.6) is 0 Å². The number of hydrogen-bond acceptors (Lipinski definition) is 4. The first-order valence-electron chi connectivity index (χ1n) is 6.17. The minimum Gasteiger partial charge on any atom is -0.383 e. The second-order valence-electron chi connectivity index (χ2n) is 4.32. The molecule has 0 saturated carbocycles. The van der Waals surface area contributed by atoms with E-state index < -0.39 is 5.51 Å². The van der Waals surface area contributed by atoms with E-state index in [-0.39, 0.29) is 17.5 Å². The molecule has 0 amide bonds. The van der Waals surface area contributed by atoms with E-state index in [4.69, 9.17) is 4.74 Å². The number of ether oxygens (including phenoxy) is 1. The average molecular weight is 286 g/mol. The van der Waals surface area contributed by atoms with Gasteiger partial charge in [-0.3, -0.25) is 4.90 Å². The van der Waals surface area contributed by atoms with Crippen LogP contribution in [0.3, 0.4) is 0 Å². The molecule has 1 aliphatic rings.